The van der Waals surface area contributed by atoms with Crippen LogP contribution in [0.1, 0.15) is 0 Å². The molecular formula is C10H19N3O. The van der Waals surface area contributed by atoms with E-state index in [4.69, 9.17) is 0 Å². The van der Waals surface area contributed by atoms with Gasteiger partial charge in [0.25, 0.3) is 0 Å². The van der Waals surface area contributed by atoms with Gasteiger partial charge in [-0.05, 0) is 6.08 Å². The molecule has 14 heavy (non-hydrogen) atoms. The van der Waals surface area contributed by atoms with Crippen molar-refractivity contribution in [3.05, 3.63) is 25.3 Å². The molecule has 0 radical (unpaired) electrons. The SMILES string of the molecule is C=CC(O)NC(C=C)N1CCNCC1. The fourth-order valence-electron chi connectivity index (χ4n) is 1.53. The van der Waals surface area contributed by atoms with Gasteiger partial charge in [0.05, 0.1) is 6.17 Å². The van der Waals surface area contributed by atoms with E-state index in [2.05, 4.69) is 28.7 Å². The summed E-state index contributed by atoms with van der Waals surface area (Å²) in [6, 6.07) is 0. The minimum Gasteiger partial charge on any atom is -0.375 e. The Bertz CT molecular complexity index is 190. The molecule has 3 N–H and O–H groups in total. The van der Waals surface area contributed by atoms with Crippen molar-refractivity contribution in [2.24, 2.45) is 0 Å². The Morgan fingerprint density at radius 3 is 2.43 bits per heavy atom. The molecule has 80 valence electrons. The highest BCUT2D eigenvalue weighted by Crippen LogP contribution is 2.00. The first-order valence-corrected chi connectivity index (χ1v) is 4.92. The number of nitrogens with one attached hydrogen (secondary N) is 2. The number of rotatable bonds is 5. The second kappa shape index (κ2) is 5.93. The Morgan fingerprint density at radius 1 is 1.29 bits per heavy atom. The number of hydrogen-bond donors (Lipinski definition) is 3. The van der Waals surface area contributed by atoms with Crippen molar-refractivity contribution in [2.45, 2.75) is 12.4 Å². The fraction of sp³-hybridized carbons (Fsp3) is 0.600. The second-order valence-corrected chi connectivity index (χ2v) is 3.31. The number of aliphatic hydroxyl groups excluding tert-OH is 1. The van der Waals surface area contributed by atoms with Gasteiger partial charge < -0.3 is 10.4 Å². The van der Waals surface area contributed by atoms with Crippen molar-refractivity contribution in [1.82, 2.24) is 15.5 Å². The van der Waals surface area contributed by atoms with Gasteiger partial charge in [0.2, 0.25) is 0 Å². The van der Waals surface area contributed by atoms with Gasteiger partial charge in [-0.2, -0.15) is 0 Å². The van der Waals surface area contributed by atoms with Gasteiger partial charge >= 0.3 is 0 Å². The van der Waals surface area contributed by atoms with E-state index in [1.807, 2.05) is 0 Å². The predicted molar refractivity (Wildman–Crippen MR) is 57.8 cm³/mol. The van der Waals surface area contributed by atoms with E-state index in [1.54, 1.807) is 6.08 Å². The molecule has 0 aromatic carbocycles. The normalized spacial score (nSPS) is 22.6. The number of nitrogens with zero attached hydrogens (tertiary/aromatic N) is 1. The van der Waals surface area contributed by atoms with E-state index in [9.17, 15) is 5.11 Å². The summed E-state index contributed by atoms with van der Waals surface area (Å²) in [5, 5.41) is 15.6. The molecule has 0 aromatic heterocycles. The molecular weight excluding hydrogens is 178 g/mol. The van der Waals surface area contributed by atoms with Crippen LogP contribution in [0.2, 0.25) is 0 Å². The predicted octanol–water partition coefficient (Wildman–Crippen LogP) is -0.502. The van der Waals surface area contributed by atoms with E-state index in [0.29, 0.717) is 0 Å². The monoisotopic (exact) mass is 197 g/mol. The van der Waals surface area contributed by atoms with Crippen LogP contribution in [-0.2, 0) is 0 Å². The van der Waals surface area contributed by atoms with E-state index in [-0.39, 0.29) is 6.17 Å². The average molecular weight is 197 g/mol. The lowest BCUT2D eigenvalue weighted by atomic mass is 10.3. The first-order chi connectivity index (χ1) is 6.77. The zero-order valence-corrected chi connectivity index (χ0v) is 8.45. The van der Waals surface area contributed by atoms with Gasteiger partial charge in [-0.1, -0.05) is 12.7 Å². The lowest BCUT2D eigenvalue weighted by molar-refractivity contribution is 0.105. The molecule has 4 heteroatoms. The third-order valence-electron chi connectivity index (χ3n) is 2.33. The number of hydrogen-bond acceptors (Lipinski definition) is 4. The molecule has 1 heterocycles. The van der Waals surface area contributed by atoms with Crippen molar-refractivity contribution in [3.63, 3.8) is 0 Å². The second-order valence-electron chi connectivity index (χ2n) is 3.31. The number of aliphatic hydroxyl groups is 1. The summed E-state index contributed by atoms with van der Waals surface area (Å²) < 4.78 is 0. The highest BCUT2D eigenvalue weighted by Gasteiger charge is 2.18. The molecule has 0 amide bonds. The molecule has 2 unspecified atom stereocenters. The fourth-order valence-corrected chi connectivity index (χ4v) is 1.53. The van der Waals surface area contributed by atoms with E-state index in [1.165, 1.54) is 6.08 Å². The summed E-state index contributed by atoms with van der Waals surface area (Å²) >= 11 is 0. The Morgan fingerprint density at radius 2 is 1.93 bits per heavy atom. The molecule has 1 aliphatic heterocycles. The van der Waals surface area contributed by atoms with Gasteiger partial charge in [0, 0.05) is 26.2 Å². The van der Waals surface area contributed by atoms with Crippen LogP contribution < -0.4 is 10.6 Å². The summed E-state index contributed by atoms with van der Waals surface area (Å²) in [5.74, 6) is 0. The van der Waals surface area contributed by atoms with Crippen LogP contribution in [0.25, 0.3) is 0 Å². The highest BCUT2D eigenvalue weighted by molar-refractivity contribution is 4.91. The lowest BCUT2D eigenvalue weighted by Crippen LogP contribution is -2.54. The van der Waals surface area contributed by atoms with Crippen LogP contribution in [0, 0.1) is 0 Å². The van der Waals surface area contributed by atoms with Crippen molar-refractivity contribution in [1.29, 1.82) is 0 Å². The molecule has 0 spiro atoms. The van der Waals surface area contributed by atoms with Crippen LogP contribution >= 0.6 is 0 Å². The molecule has 0 aromatic rings. The Balaban J connectivity index is 2.42. The summed E-state index contributed by atoms with van der Waals surface area (Å²) in [7, 11) is 0. The van der Waals surface area contributed by atoms with Gasteiger partial charge in [-0.3, -0.25) is 10.2 Å². The Labute approximate surface area is 85.3 Å². The molecule has 0 saturated carbocycles. The van der Waals surface area contributed by atoms with Crippen molar-refractivity contribution in [3.8, 4) is 0 Å². The molecule has 0 aliphatic carbocycles. The highest BCUT2D eigenvalue weighted by atomic mass is 16.3. The zero-order valence-electron chi connectivity index (χ0n) is 8.45. The van der Waals surface area contributed by atoms with Crippen LogP contribution in [0.4, 0.5) is 0 Å². The van der Waals surface area contributed by atoms with Gasteiger partial charge in [-0.15, -0.1) is 6.58 Å². The molecule has 1 rings (SSSR count). The largest absolute Gasteiger partial charge is 0.375 e. The maximum Gasteiger partial charge on any atom is 0.125 e. The third kappa shape index (κ3) is 3.23. The lowest BCUT2D eigenvalue weighted by Gasteiger charge is -2.34. The van der Waals surface area contributed by atoms with Gasteiger partial charge in [0.15, 0.2) is 0 Å². The molecule has 1 aliphatic rings. The van der Waals surface area contributed by atoms with Crippen molar-refractivity contribution < 1.29 is 5.11 Å². The smallest absolute Gasteiger partial charge is 0.125 e. The number of piperazine rings is 1. The van der Waals surface area contributed by atoms with Crippen molar-refractivity contribution >= 4 is 0 Å². The van der Waals surface area contributed by atoms with Crippen LogP contribution in [0.3, 0.4) is 0 Å². The quantitative estimate of drug-likeness (QED) is 0.411. The zero-order chi connectivity index (χ0) is 10.4. The maximum atomic E-state index is 9.37. The van der Waals surface area contributed by atoms with Crippen molar-refractivity contribution in [2.75, 3.05) is 26.2 Å². The minimum atomic E-state index is -0.673. The third-order valence-corrected chi connectivity index (χ3v) is 2.33. The summed E-state index contributed by atoms with van der Waals surface area (Å²) in [5.41, 5.74) is 0. The Kier molecular flexibility index (Phi) is 4.82. The molecule has 2 atom stereocenters. The molecule has 4 nitrogen and oxygen atoms in total. The van der Waals surface area contributed by atoms with Gasteiger partial charge in [-0.25, -0.2) is 0 Å². The summed E-state index contributed by atoms with van der Waals surface area (Å²) in [6.07, 6.45) is 2.62. The topological polar surface area (TPSA) is 47.5 Å². The maximum absolute atomic E-state index is 9.37. The van der Waals surface area contributed by atoms with Crippen LogP contribution in [-0.4, -0.2) is 48.6 Å². The first-order valence-electron chi connectivity index (χ1n) is 4.92. The summed E-state index contributed by atoms with van der Waals surface area (Å²) in [6.45, 7) is 11.2. The van der Waals surface area contributed by atoms with Gasteiger partial charge in [0.1, 0.15) is 6.23 Å². The molecule has 1 fully saturated rings. The van der Waals surface area contributed by atoms with E-state index in [0.717, 1.165) is 26.2 Å². The van der Waals surface area contributed by atoms with Crippen LogP contribution in [0.15, 0.2) is 25.3 Å². The van der Waals surface area contributed by atoms with E-state index < -0.39 is 6.23 Å². The van der Waals surface area contributed by atoms with Crippen LogP contribution in [0.5, 0.6) is 0 Å². The van der Waals surface area contributed by atoms with E-state index >= 15 is 0 Å². The summed E-state index contributed by atoms with van der Waals surface area (Å²) in [4.78, 5) is 2.23. The first kappa shape index (κ1) is 11.4. The standard InChI is InChI=1S/C10H19N3O/c1-3-9(12-10(14)4-2)13-7-5-11-6-8-13/h3-4,9-12,14H,1-2,5-8H2. The minimum absolute atomic E-state index is 0.0186. The molecule has 0 bridgehead atoms. The molecule has 1 saturated heterocycles. The Hall–Kier alpha value is -0.680. The average Bonchev–Trinajstić information content (AvgIpc) is 2.26.